The van der Waals surface area contributed by atoms with Crippen LogP contribution in [0.4, 0.5) is 0 Å². The predicted octanol–water partition coefficient (Wildman–Crippen LogP) is 2.28. The van der Waals surface area contributed by atoms with Gasteiger partial charge in [-0.25, -0.2) is 4.98 Å². The second kappa shape index (κ2) is 8.51. The van der Waals surface area contributed by atoms with Gasteiger partial charge in [-0.05, 0) is 19.4 Å². The second-order valence-electron chi connectivity index (χ2n) is 8.53. The van der Waals surface area contributed by atoms with Crippen LogP contribution in [0.5, 0.6) is 0 Å². The molecule has 1 aromatic carbocycles. The maximum absolute atomic E-state index is 13.5. The Balaban J connectivity index is 1.74. The summed E-state index contributed by atoms with van der Waals surface area (Å²) in [6.07, 6.45) is 9.44. The molecule has 1 saturated carbocycles. The Kier molecular flexibility index (Phi) is 5.83. The van der Waals surface area contributed by atoms with Crippen LogP contribution < -0.4 is 16.3 Å². The van der Waals surface area contributed by atoms with Gasteiger partial charge in [-0.15, -0.1) is 0 Å². The molecule has 1 saturated heterocycles. The summed E-state index contributed by atoms with van der Waals surface area (Å²) in [5.74, 6) is 0.409. The number of carbonyl (C=O) groups excluding carboxylic acids is 2. The molecule has 1 aliphatic carbocycles. The number of aryl methyl sites for hydroxylation is 1. The number of rotatable bonds is 3. The van der Waals surface area contributed by atoms with Gasteiger partial charge in [-0.3, -0.25) is 24.3 Å². The molecule has 2 aliphatic rings. The number of imide groups is 1. The zero-order valence-corrected chi connectivity index (χ0v) is 17.1. The van der Waals surface area contributed by atoms with Crippen LogP contribution >= 0.6 is 0 Å². The minimum absolute atomic E-state index is 0.163. The van der Waals surface area contributed by atoms with Crippen LogP contribution in [0.25, 0.3) is 10.9 Å². The summed E-state index contributed by atoms with van der Waals surface area (Å²) >= 11 is 0. The smallest absolute Gasteiger partial charge is 0.261 e. The lowest BCUT2D eigenvalue weighted by atomic mass is 9.55. The van der Waals surface area contributed by atoms with Gasteiger partial charge in [0.15, 0.2) is 7.28 Å². The highest BCUT2D eigenvalue weighted by atomic mass is 16.2. The van der Waals surface area contributed by atoms with Crippen LogP contribution in [0, 0.1) is 6.92 Å². The predicted molar refractivity (Wildman–Crippen MR) is 115 cm³/mol. The summed E-state index contributed by atoms with van der Waals surface area (Å²) in [5, 5.41) is 2.99. The van der Waals surface area contributed by atoms with Crippen molar-refractivity contribution in [3.05, 3.63) is 34.4 Å². The molecule has 6 nitrogen and oxygen atoms in total. The van der Waals surface area contributed by atoms with Gasteiger partial charge in [-0.1, -0.05) is 68.4 Å². The lowest BCUT2D eigenvalue weighted by Gasteiger charge is -2.25. The van der Waals surface area contributed by atoms with E-state index in [4.69, 9.17) is 0 Å². The molecule has 1 atom stereocenters. The van der Waals surface area contributed by atoms with Gasteiger partial charge in [0, 0.05) is 6.42 Å². The maximum atomic E-state index is 13.5. The van der Waals surface area contributed by atoms with Crippen LogP contribution in [-0.4, -0.2) is 28.6 Å². The fourth-order valence-electron chi connectivity index (χ4n) is 4.94. The van der Waals surface area contributed by atoms with Crippen molar-refractivity contribution in [2.24, 2.45) is 0 Å². The third-order valence-corrected chi connectivity index (χ3v) is 6.45. The highest BCUT2D eigenvalue weighted by Crippen LogP contribution is 2.26. The molecule has 0 spiro atoms. The molecular formula is C22H28BN3O3. The lowest BCUT2D eigenvalue weighted by molar-refractivity contribution is -0.135. The molecule has 0 radical (unpaired) electrons. The van der Waals surface area contributed by atoms with Gasteiger partial charge < -0.3 is 0 Å². The van der Waals surface area contributed by atoms with Crippen molar-refractivity contribution in [3.63, 3.8) is 0 Å². The monoisotopic (exact) mass is 393 g/mol. The van der Waals surface area contributed by atoms with E-state index >= 15 is 0 Å². The fraction of sp³-hybridized carbons (Fsp3) is 0.545. The molecular weight excluding hydrogens is 365 g/mol. The quantitative estimate of drug-likeness (QED) is 0.641. The number of aromatic nitrogens is 2. The molecule has 1 aliphatic heterocycles. The third-order valence-electron chi connectivity index (χ3n) is 6.45. The zero-order chi connectivity index (χ0) is 20.4. The average Bonchev–Trinajstić information content (AvgIpc) is 2.65. The van der Waals surface area contributed by atoms with Crippen LogP contribution in [-0.2, 0) is 9.59 Å². The number of amides is 2. The van der Waals surface area contributed by atoms with Gasteiger partial charge in [0.25, 0.3) is 5.56 Å². The number of benzene rings is 1. The average molecular weight is 393 g/mol. The molecule has 1 unspecified atom stereocenters. The molecule has 2 amide bonds. The van der Waals surface area contributed by atoms with E-state index in [1.165, 1.54) is 49.5 Å². The molecule has 0 bridgehead atoms. The standard InChI is InChI=1S/C22H28BN3O3/c1-14-24-17-11-7-10-16(23-15-8-5-3-2-4-6-9-15)20(17)22(29)26(14)18-12-13-19(27)25-21(18)28/h7,10-11,15,18,23H,2-6,8-9,12-13H2,1H3,(H,25,27,28). The van der Waals surface area contributed by atoms with Crippen molar-refractivity contribution in [3.8, 4) is 0 Å². The van der Waals surface area contributed by atoms with E-state index in [-0.39, 0.29) is 17.9 Å². The number of fused-ring (bicyclic) bond motifs is 1. The van der Waals surface area contributed by atoms with Crippen LogP contribution in [0.1, 0.15) is 69.7 Å². The number of carbonyl (C=O) groups is 2. The van der Waals surface area contributed by atoms with Crippen molar-refractivity contribution in [1.29, 1.82) is 0 Å². The Morgan fingerprint density at radius 3 is 2.48 bits per heavy atom. The van der Waals surface area contributed by atoms with E-state index < -0.39 is 11.9 Å². The molecule has 4 rings (SSSR count). The Hall–Kier alpha value is -2.44. The normalized spacial score (nSPS) is 21.5. The number of hydrogen-bond acceptors (Lipinski definition) is 4. The fourth-order valence-corrected chi connectivity index (χ4v) is 4.94. The van der Waals surface area contributed by atoms with Gasteiger partial charge in [0.2, 0.25) is 11.8 Å². The maximum Gasteiger partial charge on any atom is 0.261 e. The Labute approximate surface area is 171 Å². The summed E-state index contributed by atoms with van der Waals surface area (Å²) < 4.78 is 1.49. The van der Waals surface area contributed by atoms with E-state index in [1.807, 2.05) is 18.2 Å². The van der Waals surface area contributed by atoms with Crippen LogP contribution in [0.2, 0.25) is 5.82 Å². The van der Waals surface area contributed by atoms with E-state index in [9.17, 15) is 14.4 Å². The Bertz CT molecular complexity index is 993. The van der Waals surface area contributed by atoms with Gasteiger partial charge in [0.05, 0.1) is 10.9 Å². The van der Waals surface area contributed by atoms with Crippen LogP contribution in [0.15, 0.2) is 23.0 Å². The van der Waals surface area contributed by atoms with Crippen molar-refractivity contribution < 1.29 is 9.59 Å². The molecule has 152 valence electrons. The first kappa shape index (κ1) is 19.9. The zero-order valence-electron chi connectivity index (χ0n) is 17.1. The largest absolute Gasteiger partial charge is 0.295 e. The first-order valence-corrected chi connectivity index (χ1v) is 10.9. The minimum Gasteiger partial charge on any atom is -0.295 e. The van der Waals surface area contributed by atoms with Crippen molar-refractivity contribution in [1.82, 2.24) is 14.9 Å². The summed E-state index contributed by atoms with van der Waals surface area (Å²) in [4.78, 5) is 42.1. The molecule has 7 heteroatoms. The van der Waals surface area contributed by atoms with E-state index in [2.05, 4.69) is 10.3 Å². The van der Waals surface area contributed by atoms with Crippen molar-refractivity contribution in [2.75, 3.05) is 0 Å². The molecule has 2 heterocycles. The van der Waals surface area contributed by atoms with Crippen LogP contribution in [0.3, 0.4) is 0 Å². The lowest BCUT2D eigenvalue weighted by Crippen LogP contribution is -2.45. The highest BCUT2D eigenvalue weighted by molar-refractivity contribution is 6.58. The highest BCUT2D eigenvalue weighted by Gasteiger charge is 2.31. The van der Waals surface area contributed by atoms with E-state index in [0.29, 0.717) is 29.0 Å². The SMILES string of the molecule is Cc1nc2cccc(BC3CCCCCCC3)c2c(=O)n1C1CCC(=O)NC1=O. The number of nitrogens with one attached hydrogen (secondary N) is 1. The Morgan fingerprint density at radius 1 is 1.03 bits per heavy atom. The van der Waals surface area contributed by atoms with Gasteiger partial charge in [-0.2, -0.15) is 0 Å². The summed E-state index contributed by atoms with van der Waals surface area (Å²) in [6.45, 7) is 1.76. The number of hydrogen-bond donors (Lipinski definition) is 1. The topological polar surface area (TPSA) is 81.1 Å². The summed E-state index contributed by atoms with van der Waals surface area (Å²) in [6, 6.07) is 5.21. The number of nitrogens with zero attached hydrogens (tertiary/aromatic N) is 2. The van der Waals surface area contributed by atoms with Crippen molar-refractivity contribution >= 4 is 35.5 Å². The molecule has 29 heavy (non-hydrogen) atoms. The molecule has 2 aromatic rings. The third kappa shape index (κ3) is 4.14. The minimum atomic E-state index is -0.674. The van der Waals surface area contributed by atoms with Gasteiger partial charge in [0.1, 0.15) is 11.9 Å². The summed E-state index contributed by atoms with van der Waals surface area (Å²) in [7, 11) is 0.882. The first-order chi connectivity index (χ1) is 14.0. The molecule has 1 N–H and O–H groups in total. The van der Waals surface area contributed by atoms with Gasteiger partial charge >= 0.3 is 0 Å². The molecule has 1 aromatic heterocycles. The van der Waals surface area contributed by atoms with E-state index in [0.717, 1.165) is 12.7 Å². The molecule has 2 fully saturated rings. The van der Waals surface area contributed by atoms with Crippen molar-refractivity contribution in [2.45, 2.75) is 76.6 Å². The summed E-state index contributed by atoms with van der Waals surface area (Å²) in [5.41, 5.74) is 1.56. The Morgan fingerprint density at radius 2 is 1.76 bits per heavy atom. The second-order valence-corrected chi connectivity index (χ2v) is 8.53. The van der Waals surface area contributed by atoms with E-state index in [1.54, 1.807) is 6.92 Å². The number of piperidine rings is 1. The first-order valence-electron chi connectivity index (χ1n) is 10.9.